The average molecular weight is 266 g/mol. The molecule has 20 heavy (non-hydrogen) atoms. The smallest absolute Gasteiger partial charge is 0.0108 e. The van der Waals surface area contributed by atoms with Crippen molar-refractivity contribution in [1.82, 2.24) is 10.2 Å². The second-order valence-corrected chi connectivity index (χ2v) is 5.36. The Labute approximate surface area is 121 Å². The van der Waals surface area contributed by atoms with Gasteiger partial charge in [0, 0.05) is 32.7 Å². The van der Waals surface area contributed by atoms with Crippen molar-refractivity contribution < 1.29 is 0 Å². The van der Waals surface area contributed by atoms with Crippen LogP contribution in [-0.4, -0.2) is 37.6 Å². The number of hydrogen-bond acceptors (Lipinski definition) is 2. The van der Waals surface area contributed by atoms with Crippen molar-refractivity contribution in [3.8, 4) is 11.1 Å². The van der Waals surface area contributed by atoms with Crippen LogP contribution in [0, 0.1) is 0 Å². The molecule has 1 fully saturated rings. The molecule has 1 aliphatic heterocycles. The maximum atomic E-state index is 3.41. The van der Waals surface area contributed by atoms with Crippen LogP contribution in [0.1, 0.15) is 5.56 Å². The molecule has 2 aromatic rings. The molecule has 0 bridgehead atoms. The Morgan fingerprint density at radius 2 is 1.55 bits per heavy atom. The van der Waals surface area contributed by atoms with Crippen molar-refractivity contribution in [2.75, 3.05) is 32.7 Å². The van der Waals surface area contributed by atoms with Gasteiger partial charge in [0.1, 0.15) is 0 Å². The van der Waals surface area contributed by atoms with Gasteiger partial charge in [0.05, 0.1) is 0 Å². The van der Waals surface area contributed by atoms with E-state index in [1.165, 1.54) is 29.8 Å². The second kappa shape index (κ2) is 6.69. The molecule has 1 N–H and O–H groups in total. The Bertz CT molecular complexity index is 530. The minimum absolute atomic E-state index is 1.13. The van der Waals surface area contributed by atoms with Gasteiger partial charge in [0.25, 0.3) is 0 Å². The molecule has 0 amide bonds. The van der Waals surface area contributed by atoms with E-state index in [1.807, 2.05) is 0 Å². The summed E-state index contributed by atoms with van der Waals surface area (Å²) >= 11 is 0. The van der Waals surface area contributed by atoms with Gasteiger partial charge in [-0.05, 0) is 23.1 Å². The summed E-state index contributed by atoms with van der Waals surface area (Å²) in [6.45, 7) is 5.76. The normalized spacial score (nSPS) is 16.2. The zero-order valence-electron chi connectivity index (χ0n) is 11.9. The molecule has 3 rings (SSSR count). The third-order valence-corrected chi connectivity index (χ3v) is 4.01. The van der Waals surface area contributed by atoms with Gasteiger partial charge < -0.3 is 10.2 Å². The molecule has 2 aromatic carbocycles. The highest BCUT2D eigenvalue weighted by Crippen LogP contribution is 2.23. The van der Waals surface area contributed by atoms with Crippen LogP contribution in [-0.2, 0) is 6.42 Å². The lowest BCUT2D eigenvalue weighted by Crippen LogP contribution is -2.44. The van der Waals surface area contributed by atoms with E-state index < -0.39 is 0 Å². The fourth-order valence-electron chi connectivity index (χ4n) is 2.85. The topological polar surface area (TPSA) is 15.3 Å². The Morgan fingerprint density at radius 1 is 0.850 bits per heavy atom. The van der Waals surface area contributed by atoms with Gasteiger partial charge in [-0.15, -0.1) is 0 Å². The maximum Gasteiger partial charge on any atom is 0.0108 e. The lowest BCUT2D eigenvalue weighted by molar-refractivity contribution is 0.244. The quantitative estimate of drug-likeness (QED) is 0.915. The van der Waals surface area contributed by atoms with Crippen LogP contribution in [0.2, 0.25) is 0 Å². The standard InChI is InChI=1S/C18H22N2/c1-2-6-16(7-3-1)18-9-5-4-8-17(18)10-13-20-14-11-19-12-15-20/h1-9,19H,10-15H2. The van der Waals surface area contributed by atoms with E-state index in [2.05, 4.69) is 64.8 Å². The Balaban J connectivity index is 1.73. The van der Waals surface area contributed by atoms with Crippen LogP contribution in [0.3, 0.4) is 0 Å². The third-order valence-electron chi connectivity index (χ3n) is 4.01. The predicted octanol–water partition coefficient (Wildman–Crippen LogP) is 2.80. The SMILES string of the molecule is c1ccc(-c2ccccc2CCN2CCNCC2)cc1. The van der Waals surface area contributed by atoms with E-state index in [4.69, 9.17) is 0 Å². The highest BCUT2D eigenvalue weighted by atomic mass is 15.2. The summed E-state index contributed by atoms with van der Waals surface area (Å²) in [7, 11) is 0. The molecule has 0 aliphatic carbocycles. The van der Waals surface area contributed by atoms with Crippen molar-refractivity contribution in [3.63, 3.8) is 0 Å². The van der Waals surface area contributed by atoms with Crippen molar-refractivity contribution in [2.45, 2.75) is 6.42 Å². The highest BCUT2D eigenvalue weighted by molar-refractivity contribution is 5.67. The molecule has 0 aromatic heterocycles. The maximum absolute atomic E-state index is 3.41. The first-order chi connectivity index (χ1) is 9.93. The number of piperazine rings is 1. The van der Waals surface area contributed by atoms with E-state index in [9.17, 15) is 0 Å². The molecular formula is C18H22N2. The van der Waals surface area contributed by atoms with Crippen LogP contribution in [0.25, 0.3) is 11.1 Å². The Kier molecular flexibility index (Phi) is 4.46. The molecule has 0 unspecified atom stereocenters. The molecule has 0 radical (unpaired) electrons. The average Bonchev–Trinajstić information content (AvgIpc) is 2.55. The summed E-state index contributed by atoms with van der Waals surface area (Å²) < 4.78 is 0. The molecular weight excluding hydrogens is 244 g/mol. The van der Waals surface area contributed by atoms with Crippen LogP contribution in [0.5, 0.6) is 0 Å². The van der Waals surface area contributed by atoms with Gasteiger partial charge in [-0.25, -0.2) is 0 Å². The number of nitrogens with zero attached hydrogens (tertiary/aromatic N) is 1. The van der Waals surface area contributed by atoms with Gasteiger partial charge in [-0.2, -0.15) is 0 Å². The molecule has 2 nitrogen and oxygen atoms in total. The van der Waals surface area contributed by atoms with Crippen LogP contribution >= 0.6 is 0 Å². The van der Waals surface area contributed by atoms with Crippen molar-refractivity contribution in [3.05, 3.63) is 60.2 Å². The lowest BCUT2D eigenvalue weighted by Gasteiger charge is -2.27. The number of hydrogen-bond donors (Lipinski definition) is 1. The minimum Gasteiger partial charge on any atom is -0.314 e. The number of nitrogens with one attached hydrogen (secondary N) is 1. The molecule has 2 heteroatoms. The molecule has 1 saturated heterocycles. The zero-order chi connectivity index (χ0) is 13.6. The monoisotopic (exact) mass is 266 g/mol. The summed E-state index contributed by atoms with van der Waals surface area (Å²) in [5.41, 5.74) is 4.16. The Hall–Kier alpha value is -1.64. The second-order valence-electron chi connectivity index (χ2n) is 5.36. The van der Waals surface area contributed by atoms with E-state index >= 15 is 0 Å². The molecule has 0 spiro atoms. The number of benzene rings is 2. The number of rotatable bonds is 4. The first-order valence-corrected chi connectivity index (χ1v) is 7.50. The van der Waals surface area contributed by atoms with Crippen LogP contribution in [0.4, 0.5) is 0 Å². The van der Waals surface area contributed by atoms with E-state index in [0.717, 1.165) is 26.1 Å². The van der Waals surface area contributed by atoms with E-state index in [0.29, 0.717) is 0 Å². The largest absolute Gasteiger partial charge is 0.314 e. The van der Waals surface area contributed by atoms with E-state index in [1.54, 1.807) is 0 Å². The van der Waals surface area contributed by atoms with Crippen LogP contribution < -0.4 is 5.32 Å². The molecule has 0 atom stereocenters. The fraction of sp³-hybridized carbons (Fsp3) is 0.333. The zero-order valence-corrected chi connectivity index (χ0v) is 11.9. The molecule has 1 aliphatic rings. The summed E-state index contributed by atoms with van der Waals surface area (Å²) in [5.74, 6) is 0. The van der Waals surface area contributed by atoms with Crippen LogP contribution in [0.15, 0.2) is 54.6 Å². The van der Waals surface area contributed by atoms with Gasteiger partial charge in [0.15, 0.2) is 0 Å². The highest BCUT2D eigenvalue weighted by Gasteiger charge is 2.10. The summed E-state index contributed by atoms with van der Waals surface area (Å²) in [6.07, 6.45) is 1.13. The first-order valence-electron chi connectivity index (χ1n) is 7.50. The Morgan fingerprint density at radius 3 is 2.35 bits per heavy atom. The minimum atomic E-state index is 1.13. The lowest BCUT2D eigenvalue weighted by atomic mass is 9.97. The van der Waals surface area contributed by atoms with Crippen molar-refractivity contribution >= 4 is 0 Å². The first kappa shape index (κ1) is 13.3. The van der Waals surface area contributed by atoms with Gasteiger partial charge >= 0.3 is 0 Å². The van der Waals surface area contributed by atoms with Crippen molar-refractivity contribution in [2.24, 2.45) is 0 Å². The predicted molar refractivity (Wildman–Crippen MR) is 84.9 cm³/mol. The summed E-state index contributed by atoms with van der Waals surface area (Å²) in [4.78, 5) is 2.55. The van der Waals surface area contributed by atoms with Gasteiger partial charge in [-0.1, -0.05) is 54.6 Å². The van der Waals surface area contributed by atoms with E-state index in [-0.39, 0.29) is 0 Å². The van der Waals surface area contributed by atoms with Gasteiger partial charge in [-0.3, -0.25) is 0 Å². The molecule has 1 heterocycles. The summed E-state index contributed by atoms with van der Waals surface area (Å²) in [6, 6.07) is 19.5. The fourth-order valence-corrected chi connectivity index (χ4v) is 2.85. The van der Waals surface area contributed by atoms with Crippen molar-refractivity contribution in [1.29, 1.82) is 0 Å². The third kappa shape index (κ3) is 3.27. The summed E-state index contributed by atoms with van der Waals surface area (Å²) in [5, 5.41) is 3.41. The van der Waals surface area contributed by atoms with Gasteiger partial charge in [0.2, 0.25) is 0 Å². The molecule has 0 saturated carbocycles. The molecule has 104 valence electrons.